The number of nitrogens with zero attached hydrogens (tertiary/aromatic N) is 1. The molecule has 3 aromatic carbocycles. The van der Waals surface area contributed by atoms with Gasteiger partial charge in [0.2, 0.25) is 0 Å². The average Bonchev–Trinajstić information content (AvgIpc) is 3.88. The molecular formula is C34H39N5O5. The summed E-state index contributed by atoms with van der Waals surface area (Å²) in [5.74, 6) is -0.304. The summed E-state index contributed by atoms with van der Waals surface area (Å²) in [6.45, 7) is 1.66. The normalized spacial score (nSPS) is 13.7. The molecule has 1 fully saturated rings. The molecule has 10 nitrogen and oxygen atoms in total. The molecular weight excluding hydrogens is 558 g/mol. The third-order valence-electron chi connectivity index (χ3n) is 7.73. The molecule has 0 atom stereocenters. The molecule has 10 heteroatoms. The molecule has 1 aliphatic carbocycles. The SMILES string of the molecule is NCCCCCCCNC(=O)c1cccc(NC(=O)c2ccc(CN(C(=O)c3ccc4c(c3)OCC(=O)N4)C3CC3)cc2)c1. The molecule has 0 aromatic heterocycles. The first-order valence-electron chi connectivity index (χ1n) is 15.3. The Hall–Kier alpha value is -4.70. The fourth-order valence-electron chi connectivity index (χ4n) is 5.13. The Kier molecular flexibility index (Phi) is 10.2. The highest BCUT2D eigenvalue weighted by molar-refractivity contribution is 6.05. The van der Waals surface area contributed by atoms with Gasteiger partial charge in [0.25, 0.3) is 23.6 Å². The van der Waals surface area contributed by atoms with Gasteiger partial charge >= 0.3 is 0 Å². The number of anilines is 2. The summed E-state index contributed by atoms with van der Waals surface area (Å²) in [7, 11) is 0. The highest BCUT2D eigenvalue weighted by atomic mass is 16.5. The van der Waals surface area contributed by atoms with Crippen LogP contribution in [-0.2, 0) is 11.3 Å². The fourth-order valence-corrected chi connectivity index (χ4v) is 5.13. The van der Waals surface area contributed by atoms with Gasteiger partial charge in [-0.2, -0.15) is 0 Å². The van der Waals surface area contributed by atoms with Crippen molar-refractivity contribution in [3.8, 4) is 5.75 Å². The fraction of sp³-hybridized carbons (Fsp3) is 0.353. The maximum Gasteiger partial charge on any atom is 0.262 e. The summed E-state index contributed by atoms with van der Waals surface area (Å²) in [5, 5.41) is 8.56. The Labute approximate surface area is 257 Å². The van der Waals surface area contributed by atoms with E-state index in [1.807, 2.05) is 17.0 Å². The van der Waals surface area contributed by atoms with Gasteiger partial charge in [-0.25, -0.2) is 0 Å². The number of benzene rings is 3. The number of ether oxygens (including phenoxy) is 1. The standard InChI is InChI=1S/C34H39N5O5/c35-17-4-2-1-3-5-18-36-32(41)25-7-6-8-27(19-25)37-33(42)24-11-9-23(10-12-24)21-39(28-14-15-28)34(43)26-13-16-29-30(20-26)44-22-31(40)38-29/h6-13,16,19-20,28H,1-5,14-15,17-18,21-22,35H2,(H,36,41)(H,37,42)(H,38,40). The van der Waals surface area contributed by atoms with Crippen molar-refractivity contribution in [3.63, 3.8) is 0 Å². The highest BCUT2D eigenvalue weighted by Crippen LogP contribution is 2.33. The summed E-state index contributed by atoms with van der Waals surface area (Å²) in [6.07, 6.45) is 7.11. The van der Waals surface area contributed by atoms with E-state index in [1.165, 1.54) is 0 Å². The van der Waals surface area contributed by atoms with Crippen molar-refractivity contribution >= 4 is 35.0 Å². The van der Waals surface area contributed by atoms with Gasteiger partial charge in [0, 0.05) is 41.5 Å². The van der Waals surface area contributed by atoms with Gasteiger partial charge in [-0.15, -0.1) is 0 Å². The van der Waals surface area contributed by atoms with E-state index >= 15 is 0 Å². The zero-order chi connectivity index (χ0) is 30.9. The van der Waals surface area contributed by atoms with Gasteiger partial charge in [-0.3, -0.25) is 19.2 Å². The van der Waals surface area contributed by atoms with Crippen LogP contribution >= 0.6 is 0 Å². The summed E-state index contributed by atoms with van der Waals surface area (Å²) < 4.78 is 5.49. The van der Waals surface area contributed by atoms with E-state index < -0.39 is 0 Å². The molecule has 5 rings (SSSR count). The number of hydrogen-bond acceptors (Lipinski definition) is 6. The Morgan fingerprint density at radius 3 is 2.39 bits per heavy atom. The molecule has 1 heterocycles. The quantitative estimate of drug-likeness (QED) is 0.198. The van der Waals surface area contributed by atoms with Crippen LogP contribution in [0.3, 0.4) is 0 Å². The van der Waals surface area contributed by atoms with Gasteiger partial charge in [-0.1, -0.05) is 37.5 Å². The lowest BCUT2D eigenvalue weighted by atomic mass is 10.1. The van der Waals surface area contributed by atoms with Crippen LogP contribution in [0.5, 0.6) is 5.75 Å². The number of nitrogens with one attached hydrogen (secondary N) is 3. The second kappa shape index (κ2) is 14.7. The predicted molar refractivity (Wildman–Crippen MR) is 169 cm³/mol. The van der Waals surface area contributed by atoms with Crippen molar-refractivity contribution in [2.45, 2.75) is 57.5 Å². The molecule has 4 amide bonds. The molecule has 2 aliphatic rings. The number of hydrogen-bond donors (Lipinski definition) is 4. The number of unbranched alkanes of at least 4 members (excludes halogenated alkanes) is 4. The summed E-state index contributed by atoms with van der Waals surface area (Å²) in [6, 6.07) is 19.3. The van der Waals surface area contributed by atoms with E-state index in [1.54, 1.807) is 54.6 Å². The predicted octanol–water partition coefficient (Wildman–Crippen LogP) is 4.71. The van der Waals surface area contributed by atoms with Gasteiger partial charge in [0.05, 0.1) is 5.69 Å². The summed E-state index contributed by atoms with van der Waals surface area (Å²) >= 11 is 0. The Morgan fingerprint density at radius 1 is 0.864 bits per heavy atom. The minimum Gasteiger partial charge on any atom is -0.482 e. The van der Waals surface area contributed by atoms with E-state index in [9.17, 15) is 19.2 Å². The maximum atomic E-state index is 13.4. The molecule has 44 heavy (non-hydrogen) atoms. The number of fused-ring (bicyclic) bond motifs is 1. The Morgan fingerprint density at radius 2 is 1.61 bits per heavy atom. The van der Waals surface area contributed by atoms with Crippen LogP contribution in [0.2, 0.25) is 0 Å². The van der Waals surface area contributed by atoms with Crippen molar-refractivity contribution in [2.24, 2.45) is 5.73 Å². The third-order valence-corrected chi connectivity index (χ3v) is 7.73. The summed E-state index contributed by atoms with van der Waals surface area (Å²) in [4.78, 5) is 52.4. The number of nitrogens with two attached hydrogens (primary N) is 1. The number of carbonyl (C=O) groups excluding carboxylic acids is 4. The van der Waals surface area contributed by atoms with E-state index in [4.69, 9.17) is 10.5 Å². The van der Waals surface area contributed by atoms with Crippen molar-refractivity contribution in [2.75, 3.05) is 30.3 Å². The largest absolute Gasteiger partial charge is 0.482 e. The van der Waals surface area contributed by atoms with Crippen molar-refractivity contribution in [1.29, 1.82) is 0 Å². The van der Waals surface area contributed by atoms with Crippen molar-refractivity contribution in [3.05, 3.63) is 89.0 Å². The van der Waals surface area contributed by atoms with E-state index in [0.717, 1.165) is 50.5 Å². The first kappa shape index (κ1) is 30.7. The van der Waals surface area contributed by atoms with Crippen LogP contribution in [0, 0.1) is 0 Å². The van der Waals surface area contributed by atoms with Gasteiger partial charge in [0.15, 0.2) is 6.61 Å². The number of rotatable bonds is 14. The zero-order valence-electron chi connectivity index (χ0n) is 24.8. The van der Waals surface area contributed by atoms with Crippen molar-refractivity contribution in [1.82, 2.24) is 10.2 Å². The van der Waals surface area contributed by atoms with Crippen LogP contribution in [0.1, 0.15) is 81.6 Å². The molecule has 3 aromatic rings. The topological polar surface area (TPSA) is 143 Å². The molecule has 5 N–H and O–H groups in total. The lowest BCUT2D eigenvalue weighted by Crippen LogP contribution is -2.33. The molecule has 1 saturated carbocycles. The van der Waals surface area contributed by atoms with Crippen molar-refractivity contribution < 1.29 is 23.9 Å². The van der Waals surface area contributed by atoms with E-state index in [0.29, 0.717) is 53.4 Å². The van der Waals surface area contributed by atoms with Crippen LogP contribution < -0.4 is 26.4 Å². The second-order valence-corrected chi connectivity index (χ2v) is 11.3. The highest BCUT2D eigenvalue weighted by Gasteiger charge is 2.33. The number of amides is 4. The first-order valence-corrected chi connectivity index (χ1v) is 15.3. The van der Waals surface area contributed by atoms with Crippen LogP contribution in [0.4, 0.5) is 11.4 Å². The summed E-state index contributed by atoms with van der Waals surface area (Å²) in [5.41, 5.74) is 8.97. The molecule has 230 valence electrons. The Bertz CT molecular complexity index is 1500. The van der Waals surface area contributed by atoms with Gasteiger partial charge in [0.1, 0.15) is 5.75 Å². The lowest BCUT2D eigenvalue weighted by Gasteiger charge is -2.24. The molecule has 0 saturated heterocycles. The van der Waals surface area contributed by atoms with Gasteiger partial charge < -0.3 is 31.3 Å². The monoisotopic (exact) mass is 597 g/mol. The molecule has 0 unspecified atom stereocenters. The third kappa shape index (κ3) is 8.23. The van der Waals surface area contributed by atoms with Crippen LogP contribution in [0.15, 0.2) is 66.7 Å². The average molecular weight is 598 g/mol. The zero-order valence-corrected chi connectivity index (χ0v) is 24.8. The Balaban J connectivity index is 1.15. The molecule has 1 aliphatic heterocycles. The van der Waals surface area contributed by atoms with Crippen LogP contribution in [0.25, 0.3) is 0 Å². The van der Waals surface area contributed by atoms with Crippen LogP contribution in [-0.4, -0.2) is 54.3 Å². The number of carbonyl (C=O) groups is 4. The smallest absolute Gasteiger partial charge is 0.262 e. The maximum absolute atomic E-state index is 13.4. The lowest BCUT2D eigenvalue weighted by molar-refractivity contribution is -0.118. The van der Waals surface area contributed by atoms with E-state index in [-0.39, 0.29) is 36.3 Å². The minimum atomic E-state index is -0.289. The molecule has 0 bridgehead atoms. The van der Waals surface area contributed by atoms with E-state index in [2.05, 4.69) is 16.0 Å². The molecule has 0 radical (unpaired) electrons. The van der Waals surface area contributed by atoms with Gasteiger partial charge in [-0.05, 0) is 86.3 Å². The second-order valence-electron chi connectivity index (χ2n) is 11.3. The first-order chi connectivity index (χ1) is 21.4. The minimum absolute atomic E-state index is 0.0752. The molecule has 0 spiro atoms.